The van der Waals surface area contributed by atoms with Crippen molar-refractivity contribution in [3.05, 3.63) is 0 Å². The van der Waals surface area contributed by atoms with Gasteiger partial charge in [0.2, 0.25) is 5.91 Å². The smallest absolute Gasteiger partial charge is 0.326 e. The summed E-state index contributed by atoms with van der Waals surface area (Å²) < 4.78 is 0. The maximum Gasteiger partial charge on any atom is 0.326 e. The third-order valence-corrected chi connectivity index (χ3v) is 1.29. The number of nitrogens with two attached hydrogens (primary N) is 2. The maximum absolute atomic E-state index is 10.4. The van der Waals surface area contributed by atoms with E-state index in [1.807, 2.05) is 5.32 Å². The number of carboxylic acids is 1. The van der Waals surface area contributed by atoms with Crippen molar-refractivity contribution in [2.24, 2.45) is 11.5 Å². The van der Waals surface area contributed by atoms with E-state index in [0.29, 0.717) is 0 Å². The third-order valence-electron chi connectivity index (χ3n) is 1.29. The van der Waals surface area contributed by atoms with Crippen LogP contribution in [0.1, 0.15) is 12.8 Å². The summed E-state index contributed by atoms with van der Waals surface area (Å²) in [6.45, 7) is 0. The molecular formula is C6H11N3O4. The molecule has 0 aromatic rings. The Morgan fingerprint density at radius 3 is 2.15 bits per heavy atom. The fourth-order valence-corrected chi connectivity index (χ4v) is 0.716. The molecule has 0 aromatic heterocycles. The van der Waals surface area contributed by atoms with Crippen LogP contribution < -0.4 is 16.8 Å². The summed E-state index contributed by atoms with van der Waals surface area (Å²) >= 11 is 0. The SMILES string of the molecule is NC(=O)CCC(NC(N)=O)C(=O)O. The molecule has 7 heteroatoms. The van der Waals surface area contributed by atoms with E-state index in [2.05, 4.69) is 0 Å². The minimum atomic E-state index is -1.25. The van der Waals surface area contributed by atoms with Gasteiger partial charge in [-0.1, -0.05) is 0 Å². The molecule has 74 valence electrons. The average Bonchev–Trinajstić information content (AvgIpc) is 1.96. The number of hydrogen-bond donors (Lipinski definition) is 4. The molecule has 7 nitrogen and oxygen atoms in total. The Hall–Kier alpha value is -1.79. The summed E-state index contributed by atoms with van der Waals surface area (Å²) in [6.07, 6.45) is -0.176. The van der Waals surface area contributed by atoms with E-state index >= 15 is 0 Å². The van der Waals surface area contributed by atoms with Crippen molar-refractivity contribution in [3.8, 4) is 0 Å². The molecule has 1 unspecified atom stereocenters. The van der Waals surface area contributed by atoms with Crippen LogP contribution in [0.2, 0.25) is 0 Å². The van der Waals surface area contributed by atoms with E-state index in [1.54, 1.807) is 0 Å². The second kappa shape index (κ2) is 4.96. The van der Waals surface area contributed by atoms with Crippen molar-refractivity contribution in [3.63, 3.8) is 0 Å². The summed E-state index contributed by atoms with van der Waals surface area (Å²) in [5, 5.41) is 10.5. The zero-order chi connectivity index (χ0) is 10.4. The molecule has 0 bridgehead atoms. The lowest BCUT2D eigenvalue weighted by molar-refractivity contribution is -0.139. The Balaban J connectivity index is 4.02. The summed E-state index contributed by atoms with van der Waals surface area (Å²) in [6, 6.07) is -2.11. The van der Waals surface area contributed by atoms with E-state index in [4.69, 9.17) is 16.6 Å². The molecular weight excluding hydrogens is 178 g/mol. The lowest BCUT2D eigenvalue weighted by atomic mass is 10.1. The normalized spacial score (nSPS) is 11.7. The van der Waals surface area contributed by atoms with Crippen LogP contribution in [-0.4, -0.2) is 29.1 Å². The Labute approximate surface area is 74.1 Å². The fourth-order valence-electron chi connectivity index (χ4n) is 0.716. The van der Waals surface area contributed by atoms with Gasteiger partial charge in [0.25, 0.3) is 0 Å². The monoisotopic (exact) mass is 189 g/mol. The van der Waals surface area contributed by atoms with Gasteiger partial charge < -0.3 is 21.9 Å². The number of aliphatic carboxylic acids is 1. The first-order valence-electron chi connectivity index (χ1n) is 3.50. The number of carbonyl (C=O) groups excluding carboxylic acids is 2. The van der Waals surface area contributed by atoms with Gasteiger partial charge in [0, 0.05) is 6.42 Å². The van der Waals surface area contributed by atoms with Crippen molar-refractivity contribution in [2.45, 2.75) is 18.9 Å². The van der Waals surface area contributed by atoms with Crippen molar-refractivity contribution < 1.29 is 19.5 Å². The zero-order valence-corrected chi connectivity index (χ0v) is 6.82. The van der Waals surface area contributed by atoms with Gasteiger partial charge in [-0.25, -0.2) is 9.59 Å². The minimum Gasteiger partial charge on any atom is -0.480 e. The molecule has 0 heterocycles. The lowest BCUT2D eigenvalue weighted by Gasteiger charge is -2.10. The van der Waals surface area contributed by atoms with Crippen molar-refractivity contribution in [1.82, 2.24) is 5.32 Å². The molecule has 1 atom stereocenters. The fraction of sp³-hybridized carbons (Fsp3) is 0.500. The molecule has 13 heavy (non-hydrogen) atoms. The van der Waals surface area contributed by atoms with Crippen molar-refractivity contribution in [2.75, 3.05) is 0 Å². The highest BCUT2D eigenvalue weighted by Gasteiger charge is 2.18. The van der Waals surface area contributed by atoms with Gasteiger partial charge in [-0.05, 0) is 6.42 Å². The molecule has 6 N–H and O–H groups in total. The van der Waals surface area contributed by atoms with Crippen LogP contribution in [0.4, 0.5) is 4.79 Å². The molecule has 0 radical (unpaired) electrons. The molecule has 0 aliphatic carbocycles. The van der Waals surface area contributed by atoms with E-state index in [-0.39, 0.29) is 12.8 Å². The number of nitrogens with one attached hydrogen (secondary N) is 1. The zero-order valence-electron chi connectivity index (χ0n) is 6.82. The number of urea groups is 1. The van der Waals surface area contributed by atoms with E-state index in [9.17, 15) is 14.4 Å². The number of carboxylic acid groups (broad SMARTS) is 1. The Morgan fingerprint density at radius 2 is 1.85 bits per heavy atom. The largest absolute Gasteiger partial charge is 0.480 e. The van der Waals surface area contributed by atoms with Crippen molar-refractivity contribution in [1.29, 1.82) is 0 Å². The number of carbonyl (C=O) groups is 3. The number of amides is 3. The molecule has 0 saturated heterocycles. The van der Waals surface area contributed by atoms with E-state index < -0.39 is 23.9 Å². The molecule has 0 rings (SSSR count). The highest BCUT2D eigenvalue weighted by molar-refractivity contribution is 5.82. The van der Waals surface area contributed by atoms with Gasteiger partial charge in [0.15, 0.2) is 0 Å². The van der Waals surface area contributed by atoms with Crippen LogP contribution in [-0.2, 0) is 9.59 Å². The second-order valence-electron chi connectivity index (χ2n) is 2.40. The predicted octanol–water partition coefficient (Wildman–Crippen LogP) is -1.63. The van der Waals surface area contributed by atoms with Crippen LogP contribution in [0.3, 0.4) is 0 Å². The summed E-state index contributed by atoms with van der Waals surface area (Å²) in [4.78, 5) is 31.0. The minimum absolute atomic E-state index is 0.0619. The molecule has 3 amide bonds. The van der Waals surface area contributed by atoms with Crippen LogP contribution in [0.5, 0.6) is 0 Å². The molecule has 0 aliphatic rings. The first kappa shape index (κ1) is 11.2. The topological polar surface area (TPSA) is 136 Å². The van der Waals surface area contributed by atoms with E-state index in [1.165, 1.54) is 0 Å². The number of primary amides is 2. The van der Waals surface area contributed by atoms with Crippen LogP contribution >= 0.6 is 0 Å². The van der Waals surface area contributed by atoms with Gasteiger partial charge >= 0.3 is 12.0 Å². The van der Waals surface area contributed by atoms with Gasteiger partial charge in [0.1, 0.15) is 6.04 Å². The van der Waals surface area contributed by atoms with Gasteiger partial charge in [0.05, 0.1) is 0 Å². The standard InChI is InChI=1S/C6H11N3O4/c7-4(10)2-1-3(5(11)12)9-6(8)13/h3H,1-2H2,(H2,7,10)(H,11,12)(H3,8,9,13). The average molecular weight is 189 g/mol. The van der Waals surface area contributed by atoms with E-state index in [0.717, 1.165) is 0 Å². The number of rotatable bonds is 5. The van der Waals surface area contributed by atoms with Gasteiger partial charge in [-0.15, -0.1) is 0 Å². The number of hydrogen-bond acceptors (Lipinski definition) is 3. The summed E-state index contributed by atoms with van der Waals surface area (Å²) in [5.74, 6) is -1.88. The third kappa shape index (κ3) is 5.48. The van der Waals surface area contributed by atoms with Crippen LogP contribution in [0.25, 0.3) is 0 Å². The Bertz CT molecular complexity index is 228. The Kier molecular flexibility index (Phi) is 4.28. The first-order chi connectivity index (χ1) is 5.93. The van der Waals surface area contributed by atoms with Gasteiger partial charge in [-0.3, -0.25) is 4.79 Å². The molecule has 0 fully saturated rings. The summed E-state index contributed by atoms with van der Waals surface area (Å²) in [5.41, 5.74) is 9.50. The van der Waals surface area contributed by atoms with Crippen LogP contribution in [0.15, 0.2) is 0 Å². The highest BCUT2D eigenvalue weighted by atomic mass is 16.4. The lowest BCUT2D eigenvalue weighted by Crippen LogP contribution is -2.44. The van der Waals surface area contributed by atoms with Crippen molar-refractivity contribution >= 4 is 17.9 Å². The maximum atomic E-state index is 10.4. The van der Waals surface area contributed by atoms with Crippen LogP contribution in [0, 0.1) is 0 Å². The quantitative estimate of drug-likeness (QED) is 0.413. The van der Waals surface area contributed by atoms with Gasteiger partial charge in [-0.2, -0.15) is 0 Å². The molecule has 0 saturated carbocycles. The first-order valence-corrected chi connectivity index (χ1v) is 3.50. The molecule has 0 spiro atoms. The highest BCUT2D eigenvalue weighted by Crippen LogP contribution is 1.96. The summed E-state index contributed by atoms with van der Waals surface area (Å²) in [7, 11) is 0. The second-order valence-corrected chi connectivity index (χ2v) is 2.40. The molecule has 0 aromatic carbocycles. The predicted molar refractivity (Wildman–Crippen MR) is 42.6 cm³/mol. The Morgan fingerprint density at radius 1 is 1.31 bits per heavy atom. The molecule has 0 aliphatic heterocycles.